The van der Waals surface area contributed by atoms with Crippen LogP contribution in [0.2, 0.25) is 0 Å². The summed E-state index contributed by atoms with van der Waals surface area (Å²) in [7, 11) is 1.61. The number of imidazole rings is 1. The van der Waals surface area contributed by atoms with Gasteiger partial charge >= 0.3 is 0 Å². The molecule has 4 aromatic rings. The Kier molecular flexibility index (Phi) is 4.35. The summed E-state index contributed by atoms with van der Waals surface area (Å²) in [6.07, 6.45) is 3.21. The maximum atomic E-state index is 13.3. The van der Waals surface area contributed by atoms with Crippen molar-refractivity contribution in [1.29, 1.82) is 0 Å². The number of aryl methyl sites for hydroxylation is 2. The van der Waals surface area contributed by atoms with Gasteiger partial charge in [0.15, 0.2) is 0 Å². The van der Waals surface area contributed by atoms with E-state index < -0.39 is 0 Å². The van der Waals surface area contributed by atoms with Crippen LogP contribution in [-0.4, -0.2) is 22.1 Å². The largest absolute Gasteiger partial charge is 0.481 e. The Labute approximate surface area is 150 Å². The fourth-order valence-corrected chi connectivity index (χ4v) is 3.02. The first-order valence-electron chi connectivity index (χ1n) is 8.45. The molecule has 2 heterocycles. The van der Waals surface area contributed by atoms with Crippen LogP contribution in [0.5, 0.6) is 5.88 Å². The number of rotatable bonds is 5. The highest BCUT2D eigenvalue weighted by Gasteiger charge is 2.07. The van der Waals surface area contributed by atoms with Crippen LogP contribution in [0.1, 0.15) is 11.4 Å². The third kappa shape index (κ3) is 3.42. The first-order chi connectivity index (χ1) is 12.7. The van der Waals surface area contributed by atoms with Gasteiger partial charge in [-0.1, -0.05) is 18.2 Å². The molecule has 5 heteroatoms. The molecule has 0 aliphatic heterocycles. The minimum atomic E-state index is -0.204. The zero-order chi connectivity index (χ0) is 17.9. The first kappa shape index (κ1) is 16.3. The van der Waals surface area contributed by atoms with E-state index in [0.717, 1.165) is 46.4 Å². The molecule has 0 bridgehead atoms. The van der Waals surface area contributed by atoms with Crippen molar-refractivity contribution in [3.63, 3.8) is 0 Å². The van der Waals surface area contributed by atoms with Crippen LogP contribution in [0.15, 0.2) is 60.8 Å². The third-order valence-electron chi connectivity index (χ3n) is 4.35. The topological polar surface area (TPSA) is 50.8 Å². The predicted octanol–water partition coefficient (Wildman–Crippen LogP) is 4.56. The number of hydrogen-bond acceptors (Lipinski definition) is 3. The molecule has 0 atom stereocenters. The molecule has 0 amide bonds. The quantitative estimate of drug-likeness (QED) is 0.576. The van der Waals surface area contributed by atoms with E-state index >= 15 is 0 Å². The lowest BCUT2D eigenvalue weighted by Gasteiger charge is -2.03. The predicted molar refractivity (Wildman–Crippen MR) is 99.7 cm³/mol. The zero-order valence-corrected chi connectivity index (χ0v) is 14.4. The molecule has 130 valence electrons. The lowest BCUT2D eigenvalue weighted by Crippen LogP contribution is -1.93. The molecule has 2 aromatic heterocycles. The summed E-state index contributed by atoms with van der Waals surface area (Å²) < 4.78 is 18.5. The summed E-state index contributed by atoms with van der Waals surface area (Å²) in [5.41, 5.74) is 4.97. The molecule has 4 rings (SSSR count). The van der Waals surface area contributed by atoms with Gasteiger partial charge in [-0.05, 0) is 53.4 Å². The molecule has 0 saturated heterocycles. The van der Waals surface area contributed by atoms with Gasteiger partial charge < -0.3 is 9.72 Å². The molecular formula is C21H18FN3O. The van der Waals surface area contributed by atoms with E-state index in [0.29, 0.717) is 5.88 Å². The van der Waals surface area contributed by atoms with Gasteiger partial charge in [0.05, 0.1) is 18.1 Å². The van der Waals surface area contributed by atoms with Crippen molar-refractivity contribution in [3.05, 3.63) is 78.0 Å². The number of aromatic amines is 1. The molecule has 0 unspecified atom stereocenters. The van der Waals surface area contributed by atoms with Crippen LogP contribution in [-0.2, 0) is 12.8 Å². The maximum Gasteiger partial charge on any atom is 0.213 e. The van der Waals surface area contributed by atoms with Gasteiger partial charge in [0.2, 0.25) is 5.88 Å². The summed E-state index contributed by atoms with van der Waals surface area (Å²) in [6, 6.07) is 16.7. The number of hydrogen-bond donors (Lipinski definition) is 1. The number of aromatic nitrogens is 3. The van der Waals surface area contributed by atoms with Gasteiger partial charge in [0.25, 0.3) is 0 Å². The van der Waals surface area contributed by atoms with Crippen LogP contribution in [0.3, 0.4) is 0 Å². The van der Waals surface area contributed by atoms with E-state index in [1.807, 2.05) is 30.3 Å². The minimum Gasteiger partial charge on any atom is -0.481 e. The Balaban J connectivity index is 1.57. The van der Waals surface area contributed by atoms with Crippen molar-refractivity contribution in [2.24, 2.45) is 0 Å². The molecule has 0 fully saturated rings. The number of methoxy groups -OCH3 is 1. The number of ether oxygens (including phenoxy) is 1. The Hall–Kier alpha value is -3.21. The van der Waals surface area contributed by atoms with E-state index in [2.05, 4.69) is 21.0 Å². The van der Waals surface area contributed by atoms with Crippen molar-refractivity contribution in [1.82, 2.24) is 15.0 Å². The highest BCUT2D eigenvalue weighted by molar-refractivity contribution is 5.82. The molecular weight excluding hydrogens is 329 g/mol. The fourth-order valence-electron chi connectivity index (χ4n) is 3.02. The molecule has 2 aromatic carbocycles. The molecule has 0 aliphatic carbocycles. The molecule has 0 saturated carbocycles. The summed E-state index contributed by atoms with van der Waals surface area (Å²) in [5.74, 6) is 1.28. The van der Waals surface area contributed by atoms with Crippen LogP contribution in [0.25, 0.3) is 22.2 Å². The molecule has 26 heavy (non-hydrogen) atoms. The average Bonchev–Trinajstić information content (AvgIpc) is 3.08. The number of nitrogens with zero attached hydrogens (tertiary/aromatic N) is 2. The van der Waals surface area contributed by atoms with Crippen LogP contribution >= 0.6 is 0 Å². The van der Waals surface area contributed by atoms with Crippen molar-refractivity contribution in [2.75, 3.05) is 7.11 Å². The molecule has 4 nitrogen and oxygen atoms in total. The summed E-state index contributed by atoms with van der Waals surface area (Å²) in [5, 5.41) is 0. The molecule has 0 aliphatic rings. The number of fused-ring (bicyclic) bond motifs is 1. The standard InChI is InChI=1S/C21H18FN3O/c1-26-21-13-16(9-10-23-21)15-6-7-18-19(12-15)25-20(24-18)8-5-14-3-2-4-17(22)11-14/h2-4,6-7,9-13H,5,8H2,1H3,(H,24,25). The minimum absolute atomic E-state index is 0.204. The average molecular weight is 347 g/mol. The van der Waals surface area contributed by atoms with Crippen LogP contribution < -0.4 is 4.74 Å². The maximum absolute atomic E-state index is 13.3. The van der Waals surface area contributed by atoms with Crippen LogP contribution in [0.4, 0.5) is 4.39 Å². The van der Waals surface area contributed by atoms with Crippen molar-refractivity contribution in [3.8, 4) is 17.0 Å². The summed E-state index contributed by atoms with van der Waals surface area (Å²) in [6.45, 7) is 0. The van der Waals surface area contributed by atoms with Gasteiger partial charge in [-0.3, -0.25) is 0 Å². The Morgan fingerprint density at radius 2 is 1.88 bits per heavy atom. The molecule has 0 radical (unpaired) electrons. The van der Waals surface area contributed by atoms with Gasteiger partial charge in [-0.2, -0.15) is 0 Å². The van der Waals surface area contributed by atoms with E-state index in [1.54, 1.807) is 25.4 Å². The lowest BCUT2D eigenvalue weighted by molar-refractivity contribution is 0.398. The lowest BCUT2D eigenvalue weighted by atomic mass is 10.1. The van der Waals surface area contributed by atoms with Gasteiger partial charge in [-0.25, -0.2) is 14.4 Å². The van der Waals surface area contributed by atoms with E-state index in [1.165, 1.54) is 6.07 Å². The van der Waals surface area contributed by atoms with Gasteiger partial charge in [-0.15, -0.1) is 0 Å². The zero-order valence-electron chi connectivity index (χ0n) is 14.4. The number of benzene rings is 2. The number of pyridine rings is 1. The third-order valence-corrected chi connectivity index (χ3v) is 4.35. The van der Waals surface area contributed by atoms with Crippen LogP contribution in [0, 0.1) is 5.82 Å². The smallest absolute Gasteiger partial charge is 0.213 e. The highest BCUT2D eigenvalue weighted by Crippen LogP contribution is 2.25. The SMILES string of the molecule is COc1cc(-c2ccc3nc(CCc4cccc(F)c4)[nH]c3c2)ccn1. The van der Waals surface area contributed by atoms with Gasteiger partial charge in [0.1, 0.15) is 11.6 Å². The second-order valence-corrected chi connectivity index (χ2v) is 6.13. The second kappa shape index (κ2) is 6.96. The van der Waals surface area contributed by atoms with E-state index in [-0.39, 0.29) is 5.82 Å². The Morgan fingerprint density at radius 1 is 1.00 bits per heavy atom. The van der Waals surface area contributed by atoms with Crippen molar-refractivity contribution in [2.45, 2.75) is 12.8 Å². The molecule has 1 N–H and O–H groups in total. The Morgan fingerprint density at radius 3 is 2.73 bits per heavy atom. The van der Waals surface area contributed by atoms with E-state index in [9.17, 15) is 4.39 Å². The summed E-state index contributed by atoms with van der Waals surface area (Å²) >= 11 is 0. The fraction of sp³-hybridized carbons (Fsp3) is 0.143. The first-order valence-corrected chi connectivity index (χ1v) is 8.45. The molecule has 0 spiro atoms. The number of H-pyrrole nitrogens is 1. The van der Waals surface area contributed by atoms with Crippen molar-refractivity contribution < 1.29 is 9.13 Å². The number of nitrogens with one attached hydrogen (secondary N) is 1. The van der Waals surface area contributed by atoms with E-state index in [4.69, 9.17) is 4.74 Å². The van der Waals surface area contributed by atoms with Crippen molar-refractivity contribution >= 4 is 11.0 Å². The number of halogens is 1. The summed E-state index contributed by atoms with van der Waals surface area (Å²) in [4.78, 5) is 12.1. The normalized spacial score (nSPS) is 11.0. The monoisotopic (exact) mass is 347 g/mol. The van der Waals surface area contributed by atoms with Gasteiger partial charge in [0, 0.05) is 18.7 Å². The Bertz CT molecular complexity index is 1060. The highest BCUT2D eigenvalue weighted by atomic mass is 19.1. The second-order valence-electron chi connectivity index (χ2n) is 6.13.